The molecule has 0 aromatic carbocycles. The van der Waals surface area contributed by atoms with Crippen molar-refractivity contribution in [2.75, 3.05) is 0 Å². The Morgan fingerprint density at radius 1 is 1.50 bits per heavy atom. The predicted molar refractivity (Wildman–Crippen MR) is 36.0 cm³/mol. The van der Waals surface area contributed by atoms with Gasteiger partial charge in [-0.25, -0.2) is 0 Å². The summed E-state index contributed by atoms with van der Waals surface area (Å²) in [4.78, 5) is 9.86. The van der Waals surface area contributed by atoms with Crippen LogP contribution in [0.2, 0.25) is 0 Å². The highest BCUT2D eigenvalue weighted by atomic mass is 16.3. The monoisotopic (exact) mass is 138 g/mol. The van der Waals surface area contributed by atoms with Gasteiger partial charge in [-0.15, -0.1) is 0 Å². The molecule has 0 aliphatic carbocycles. The van der Waals surface area contributed by atoms with Gasteiger partial charge < -0.3 is 10.2 Å². The van der Waals surface area contributed by atoms with Crippen LogP contribution in [0.3, 0.4) is 0 Å². The van der Waals surface area contributed by atoms with Gasteiger partial charge in [0.05, 0.1) is 13.0 Å². The van der Waals surface area contributed by atoms with E-state index in [2.05, 4.69) is 0 Å². The normalized spacial score (nSPS) is 9.70. The zero-order valence-electron chi connectivity index (χ0n) is 5.46. The van der Waals surface area contributed by atoms with E-state index in [9.17, 15) is 4.79 Å². The second-order valence-corrected chi connectivity index (χ2v) is 1.89. The van der Waals surface area contributed by atoms with Crippen LogP contribution in [0.25, 0.3) is 0 Å². The molecule has 0 aliphatic rings. The van der Waals surface area contributed by atoms with Gasteiger partial charge in [0.25, 0.3) is 0 Å². The molecular formula is C7H8NO2. The summed E-state index contributed by atoms with van der Waals surface area (Å²) in [6, 6.07) is 3.49. The van der Waals surface area contributed by atoms with Crippen LogP contribution in [0.4, 0.5) is 0 Å². The third-order valence-electron chi connectivity index (χ3n) is 1.16. The molecule has 1 heterocycles. The van der Waals surface area contributed by atoms with Gasteiger partial charge >= 0.3 is 0 Å². The Balaban J connectivity index is 2.67. The van der Waals surface area contributed by atoms with E-state index in [4.69, 9.17) is 10.2 Å². The van der Waals surface area contributed by atoms with Gasteiger partial charge in [-0.1, -0.05) is 0 Å². The fourth-order valence-corrected chi connectivity index (χ4v) is 0.698. The maximum Gasteiger partial charge on any atom is 0.206 e. The zero-order chi connectivity index (χ0) is 7.40. The predicted octanol–water partition coefficient (Wildman–Crippen LogP) is 0.391. The number of nitrogens with two attached hydrogens (primary N) is 1. The van der Waals surface area contributed by atoms with Gasteiger partial charge in [0, 0.05) is 0 Å². The van der Waals surface area contributed by atoms with Crippen molar-refractivity contribution >= 4 is 6.29 Å². The fraction of sp³-hybridized carbons (Fsp3) is 0.286. The first-order valence-electron chi connectivity index (χ1n) is 2.99. The van der Waals surface area contributed by atoms with Crippen molar-refractivity contribution in [1.82, 2.24) is 0 Å². The number of rotatable bonds is 3. The first kappa shape index (κ1) is 7.02. The Bertz CT molecular complexity index is 217. The molecule has 0 atom stereocenters. The van der Waals surface area contributed by atoms with Crippen molar-refractivity contribution in [3.8, 4) is 0 Å². The van der Waals surface area contributed by atoms with Crippen LogP contribution >= 0.6 is 0 Å². The van der Waals surface area contributed by atoms with Crippen LogP contribution in [-0.4, -0.2) is 6.29 Å². The van der Waals surface area contributed by atoms with E-state index in [0.29, 0.717) is 18.1 Å². The average molecular weight is 138 g/mol. The van der Waals surface area contributed by atoms with Crippen LogP contribution in [0, 0.1) is 0 Å². The Hall–Kier alpha value is -1.09. The minimum Gasteiger partial charge on any atom is -0.464 e. The van der Waals surface area contributed by atoms with E-state index >= 15 is 0 Å². The van der Waals surface area contributed by atoms with Crippen molar-refractivity contribution in [2.24, 2.45) is 5.73 Å². The van der Waals surface area contributed by atoms with Gasteiger partial charge in [-0.05, 0) is 12.1 Å². The third-order valence-corrected chi connectivity index (χ3v) is 1.16. The molecule has 0 saturated heterocycles. The number of hydrogen-bond donors (Lipinski definition) is 1. The fourth-order valence-electron chi connectivity index (χ4n) is 0.698. The summed E-state index contributed by atoms with van der Waals surface area (Å²) in [5.74, 6) is 1.32. The summed E-state index contributed by atoms with van der Waals surface area (Å²) in [6.45, 7) is 0.374. The van der Waals surface area contributed by atoms with E-state index in [1.54, 1.807) is 18.4 Å². The molecule has 0 bridgehead atoms. The highest BCUT2D eigenvalue weighted by Crippen LogP contribution is 2.05. The van der Waals surface area contributed by atoms with E-state index in [-0.39, 0.29) is 6.42 Å². The second kappa shape index (κ2) is 3.17. The van der Waals surface area contributed by atoms with Crippen molar-refractivity contribution in [3.63, 3.8) is 0 Å². The minimum atomic E-state index is 0.208. The molecule has 1 aromatic rings. The van der Waals surface area contributed by atoms with Gasteiger partial charge in [0.1, 0.15) is 11.5 Å². The summed E-state index contributed by atoms with van der Waals surface area (Å²) < 4.78 is 5.09. The molecule has 1 radical (unpaired) electrons. The topological polar surface area (TPSA) is 56.2 Å². The standard InChI is InChI=1S/C7H8NO2/c8-5-7-2-1-6(10-7)3-4-9/h1-2H,3,5,8H2. The van der Waals surface area contributed by atoms with Crippen molar-refractivity contribution in [1.29, 1.82) is 0 Å². The van der Waals surface area contributed by atoms with Crippen molar-refractivity contribution in [2.45, 2.75) is 13.0 Å². The smallest absolute Gasteiger partial charge is 0.206 e. The lowest BCUT2D eigenvalue weighted by atomic mass is 10.3. The largest absolute Gasteiger partial charge is 0.464 e. The summed E-state index contributed by atoms with van der Waals surface area (Å²) in [7, 11) is 0. The number of carbonyl (C=O) groups excluding carboxylic acids is 1. The van der Waals surface area contributed by atoms with Crippen LogP contribution in [0.5, 0.6) is 0 Å². The second-order valence-electron chi connectivity index (χ2n) is 1.89. The summed E-state index contributed by atoms with van der Waals surface area (Å²) >= 11 is 0. The van der Waals surface area contributed by atoms with Crippen molar-refractivity contribution < 1.29 is 9.21 Å². The maximum absolute atomic E-state index is 9.86. The SMILES string of the molecule is NCc1ccc(C[C]=O)o1. The maximum atomic E-state index is 9.86. The van der Waals surface area contributed by atoms with Gasteiger partial charge in [-0.2, -0.15) is 0 Å². The molecule has 3 nitrogen and oxygen atoms in total. The van der Waals surface area contributed by atoms with Gasteiger partial charge in [0.15, 0.2) is 0 Å². The van der Waals surface area contributed by atoms with E-state index in [1.807, 2.05) is 0 Å². The minimum absolute atomic E-state index is 0.208. The molecule has 1 rings (SSSR count). The molecule has 3 heteroatoms. The first-order chi connectivity index (χ1) is 4.86. The first-order valence-corrected chi connectivity index (χ1v) is 2.99. The molecule has 0 aliphatic heterocycles. The lowest BCUT2D eigenvalue weighted by molar-refractivity contribution is 0.473. The molecular weight excluding hydrogens is 130 g/mol. The Kier molecular flexibility index (Phi) is 2.23. The molecule has 0 unspecified atom stereocenters. The molecule has 0 spiro atoms. The summed E-state index contributed by atoms with van der Waals surface area (Å²) in [5, 5.41) is 0. The highest BCUT2D eigenvalue weighted by molar-refractivity contribution is 5.54. The molecule has 2 N–H and O–H groups in total. The lowest BCUT2D eigenvalue weighted by Crippen LogP contribution is -1.92. The Morgan fingerprint density at radius 2 is 2.20 bits per heavy atom. The average Bonchev–Trinajstić information content (AvgIpc) is 2.37. The number of hydrogen-bond acceptors (Lipinski definition) is 3. The van der Waals surface area contributed by atoms with Crippen LogP contribution in [0.15, 0.2) is 16.5 Å². The van der Waals surface area contributed by atoms with Gasteiger partial charge in [-0.3, -0.25) is 4.79 Å². The van der Waals surface area contributed by atoms with Crippen LogP contribution in [-0.2, 0) is 17.8 Å². The molecule has 0 saturated carbocycles. The van der Waals surface area contributed by atoms with Crippen LogP contribution < -0.4 is 5.73 Å². The van der Waals surface area contributed by atoms with E-state index in [0.717, 1.165) is 0 Å². The van der Waals surface area contributed by atoms with Crippen LogP contribution in [0.1, 0.15) is 11.5 Å². The van der Waals surface area contributed by atoms with E-state index in [1.165, 1.54) is 0 Å². The summed E-state index contributed by atoms with van der Waals surface area (Å²) in [5.41, 5.74) is 5.27. The molecule has 0 amide bonds. The van der Waals surface area contributed by atoms with Crippen molar-refractivity contribution in [3.05, 3.63) is 23.7 Å². The van der Waals surface area contributed by atoms with E-state index < -0.39 is 0 Å². The lowest BCUT2D eigenvalue weighted by Gasteiger charge is -1.86. The Morgan fingerprint density at radius 3 is 2.70 bits per heavy atom. The number of furan rings is 1. The third kappa shape index (κ3) is 1.45. The molecule has 1 aromatic heterocycles. The molecule has 53 valence electrons. The van der Waals surface area contributed by atoms with Gasteiger partial charge in [0.2, 0.25) is 6.29 Å². The Labute approximate surface area is 58.8 Å². The zero-order valence-corrected chi connectivity index (χ0v) is 5.46. The highest BCUT2D eigenvalue weighted by Gasteiger charge is 1.98. The summed E-state index contributed by atoms with van der Waals surface area (Å²) in [6.07, 6.45) is 1.95. The quantitative estimate of drug-likeness (QED) is 0.657. The molecule has 0 fully saturated rings. The molecule has 10 heavy (non-hydrogen) atoms.